The van der Waals surface area contributed by atoms with Crippen molar-refractivity contribution in [1.82, 2.24) is 4.90 Å². The van der Waals surface area contributed by atoms with Crippen LogP contribution in [0.25, 0.3) is 0 Å². The second-order valence-corrected chi connectivity index (χ2v) is 4.25. The van der Waals surface area contributed by atoms with Crippen molar-refractivity contribution < 1.29 is 4.39 Å². The van der Waals surface area contributed by atoms with Gasteiger partial charge in [0.25, 0.3) is 0 Å². The maximum atomic E-state index is 13.1. The molecule has 1 heterocycles. The number of rotatable bonds is 2. The molecule has 0 saturated carbocycles. The van der Waals surface area contributed by atoms with Crippen molar-refractivity contribution in [2.75, 3.05) is 13.1 Å². The van der Waals surface area contributed by atoms with Gasteiger partial charge in [0.1, 0.15) is 5.82 Å². The van der Waals surface area contributed by atoms with Crippen LogP contribution >= 0.6 is 0 Å². The fourth-order valence-electron chi connectivity index (χ4n) is 2.16. The first kappa shape index (κ1) is 11.1. The van der Waals surface area contributed by atoms with Gasteiger partial charge in [-0.25, -0.2) is 4.39 Å². The molecule has 0 amide bonds. The van der Waals surface area contributed by atoms with E-state index >= 15 is 0 Å². The second-order valence-electron chi connectivity index (χ2n) is 4.25. The van der Waals surface area contributed by atoms with Gasteiger partial charge in [0.15, 0.2) is 0 Å². The molecule has 3 heteroatoms. The van der Waals surface area contributed by atoms with Gasteiger partial charge in [-0.1, -0.05) is 6.42 Å². The van der Waals surface area contributed by atoms with Gasteiger partial charge in [0.05, 0.1) is 11.6 Å². The third-order valence-electron chi connectivity index (χ3n) is 3.03. The molecule has 1 fully saturated rings. The van der Waals surface area contributed by atoms with Crippen molar-refractivity contribution >= 4 is 0 Å². The first-order chi connectivity index (χ1) is 7.79. The third-order valence-corrected chi connectivity index (χ3v) is 3.03. The van der Waals surface area contributed by atoms with Crippen LogP contribution < -0.4 is 0 Å². The van der Waals surface area contributed by atoms with E-state index in [0.29, 0.717) is 12.1 Å². The summed E-state index contributed by atoms with van der Waals surface area (Å²) in [6.45, 7) is 2.81. The van der Waals surface area contributed by atoms with E-state index in [1.165, 1.54) is 31.4 Å². The van der Waals surface area contributed by atoms with Gasteiger partial charge in [-0.05, 0) is 49.7 Å². The highest BCUT2D eigenvalue weighted by Crippen LogP contribution is 2.16. The molecule has 0 bridgehead atoms. The highest BCUT2D eigenvalue weighted by molar-refractivity contribution is 5.37. The Morgan fingerprint density at radius 1 is 1.25 bits per heavy atom. The summed E-state index contributed by atoms with van der Waals surface area (Å²) in [7, 11) is 0. The smallest absolute Gasteiger partial charge is 0.123 e. The Labute approximate surface area is 95.3 Å². The van der Waals surface area contributed by atoms with Gasteiger partial charge in [-0.15, -0.1) is 0 Å². The molecule has 0 spiro atoms. The summed E-state index contributed by atoms with van der Waals surface area (Å²) in [5.41, 5.74) is 1.40. The summed E-state index contributed by atoms with van der Waals surface area (Å²) in [4.78, 5) is 2.29. The molecule has 1 saturated heterocycles. The number of benzene rings is 1. The van der Waals surface area contributed by atoms with Crippen molar-refractivity contribution in [3.63, 3.8) is 0 Å². The lowest BCUT2D eigenvalue weighted by atomic mass is 10.1. The molecular formula is C13H15FN2. The van der Waals surface area contributed by atoms with E-state index in [1.807, 2.05) is 0 Å². The highest BCUT2D eigenvalue weighted by atomic mass is 19.1. The highest BCUT2D eigenvalue weighted by Gasteiger charge is 2.12. The van der Waals surface area contributed by atoms with Gasteiger partial charge in [0.2, 0.25) is 0 Å². The number of hydrogen-bond acceptors (Lipinski definition) is 2. The Kier molecular flexibility index (Phi) is 3.53. The molecule has 1 aliphatic heterocycles. The fourth-order valence-corrected chi connectivity index (χ4v) is 2.16. The Bertz CT molecular complexity index is 403. The van der Waals surface area contributed by atoms with E-state index in [2.05, 4.69) is 11.0 Å². The van der Waals surface area contributed by atoms with Crippen molar-refractivity contribution in [1.29, 1.82) is 5.26 Å². The summed E-state index contributed by atoms with van der Waals surface area (Å²) in [6, 6.07) is 6.51. The molecule has 1 aromatic carbocycles. The number of halogens is 1. The standard InChI is InChI=1S/C13H15FN2/c14-13-5-4-11(9-15)12(8-13)10-16-6-2-1-3-7-16/h4-5,8H,1-3,6-7,10H2. The van der Waals surface area contributed by atoms with Gasteiger partial charge < -0.3 is 0 Å². The summed E-state index contributed by atoms with van der Waals surface area (Å²) in [5.74, 6) is -0.258. The normalized spacial score (nSPS) is 17.0. The van der Waals surface area contributed by atoms with Crippen LogP contribution in [0.4, 0.5) is 4.39 Å². The minimum atomic E-state index is -0.258. The maximum absolute atomic E-state index is 13.1. The van der Waals surface area contributed by atoms with E-state index in [1.54, 1.807) is 6.07 Å². The van der Waals surface area contributed by atoms with E-state index in [9.17, 15) is 4.39 Å². The van der Waals surface area contributed by atoms with Crippen LogP contribution in [0.2, 0.25) is 0 Å². The van der Waals surface area contributed by atoms with Crippen molar-refractivity contribution in [3.8, 4) is 6.07 Å². The van der Waals surface area contributed by atoms with Gasteiger partial charge >= 0.3 is 0 Å². The molecule has 0 N–H and O–H groups in total. The zero-order valence-electron chi connectivity index (χ0n) is 9.25. The van der Waals surface area contributed by atoms with Crippen LogP contribution in [0.15, 0.2) is 18.2 Å². The Balaban J connectivity index is 2.13. The molecule has 16 heavy (non-hydrogen) atoms. The lowest BCUT2D eigenvalue weighted by Gasteiger charge is -2.26. The molecule has 1 aromatic rings. The molecular weight excluding hydrogens is 203 g/mol. The topological polar surface area (TPSA) is 27.0 Å². The van der Waals surface area contributed by atoms with Crippen LogP contribution in [0.3, 0.4) is 0 Å². The molecule has 0 atom stereocenters. The van der Waals surface area contributed by atoms with E-state index in [0.717, 1.165) is 18.7 Å². The molecule has 84 valence electrons. The minimum Gasteiger partial charge on any atom is -0.299 e. The number of nitriles is 1. The zero-order valence-corrected chi connectivity index (χ0v) is 9.25. The van der Waals surface area contributed by atoms with Gasteiger partial charge in [-0.3, -0.25) is 4.90 Å². The average molecular weight is 218 g/mol. The van der Waals surface area contributed by atoms with Gasteiger partial charge in [0, 0.05) is 6.54 Å². The number of hydrogen-bond donors (Lipinski definition) is 0. The molecule has 1 aliphatic rings. The third kappa shape index (κ3) is 2.59. The summed E-state index contributed by atoms with van der Waals surface area (Å²) < 4.78 is 13.1. The van der Waals surface area contributed by atoms with Crippen molar-refractivity contribution in [2.24, 2.45) is 0 Å². The van der Waals surface area contributed by atoms with E-state index in [-0.39, 0.29) is 5.82 Å². The SMILES string of the molecule is N#Cc1ccc(F)cc1CN1CCCCC1. The summed E-state index contributed by atoms with van der Waals surface area (Å²) in [5, 5.41) is 8.95. The van der Waals surface area contributed by atoms with Crippen LogP contribution in [0, 0.1) is 17.1 Å². The largest absolute Gasteiger partial charge is 0.299 e. The monoisotopic (exact) mass is 218 g/mol. The lowest BCUT2D eigenvalue weighted by Crippen LogP contribution is -2.29. The lowest BCUT2D eigenvalue weighted by molar-refractivity contribution is 0.220. The van der Waals surface area contributed by atoms with Crippen LogP contribution in [-0.2, 0) is 6.54 Å². The maximum Gasteiger partial charge on any atom is 0.123 e. The summed E-state index contributed by atoms with van der Waals surface area (Å²) in [6.07, 6.45) is 3.69. The Morgan fingerprint density at radius 2 is 2.00 bits per heavy atom. The van der Waals surface area contributed by atoms with Crippen LogP contribution in [-0.4, -0.2) is 18.0 Å². The predicted molar refractivity (Wildman–Crippen MR) is 60.2 cm³/mol. The first-order valence-corrected chi connectivity index (χ1v) is 5.70. The van der Waals surface area contributed by atoms with E-state index < -0.39 is 0 Å². The quantitative estimate of drug-likeness (QED) is 0.763. The Hall–Kier alpha value is -1.40. The molecule has 0 aliphatic carbocycles. The fraction of sp³-hybridized carbons (Fsp3) is 0.462. The number of nitrogens with zero attached hydrogens (tertiary/aromatic N) is 2. The molecule has 2 nitrogen and oxygen atoms in total. The zero-order chi connectivity index (χ0) is 11.4. The number of piperidine rings is 1. The molecule has 0 unspecified atom stereocenters. The van der Waals surface area contributed by atoms with Crippen LogP contribution in [0.1, 0.15) is 30.4 Å². The molecule has 0 aromatic heterocycles. The summed E-state index contributed by atoms with van der Waals surface area (Å²) >= 11 is 0. The van der Waals surface area contributed by atoms with E-state index in [4.69, 9.17) is 5.26 Å². The average Bonchev–Trinajstić information content (AvgIpc) is 2.31. The molecule has 0 radical (unpaired) electrons. The van der Waals surface area contributed by atoms with Crippen molar-refractivity contribution in [3.05, 3.63) is 35.1 Å². The number of likely N-dealkylation sites (tertiary alicyclic amines) is 1. The second kappa shape index (κ2) is 5.09. The predicted octanol–water partition coefficient (Wildman–Crippen LogP) is 2.68. The Morgan fingerprint density at radius 3 is 2.69 bits per heavy atom. The minimum absolute atomic E-state index is 0.258. The van der Waals surface area contributed by atoms with Crippen molar-refractivity contribution in [2.45, 2.75) is 25.8 Å². The van der Waals surface area contributed by atoms with Crippen LogP contribution in [0.5, 0.6) is 0 Å². The van der Waals surface area contributed by atoms with Gasteiger partial charge in [-0.2, -0.15) is 5.26 Å². The first-order valence-electron chi connectivity index (χ1n) is 5.70. The molecule has 2 rings (SSSR count).